The van der Waals surface area contributed by atoms with E-state index in [0.29, 0.717) is 11.7 Å². The van der Waals surface area contributed by atoms with Crippen molar-refractivity contribution >= 4 is 17.4 Å². The van der Waals surface area contributed by atoms with E-state index in [2.05, 4.69) is 32.5 Å². The van der Waals surface area contributed by atoms with Crippen molar-refractivity contribution in [3.8, 4) is 0 Å². The molecule has 0 radical (unpaired) electrons. The van der Waals surface area contributed by atoms with Gasteiger partial charge in [0.05, 0.1) is 0 Å². The second-order valence-corrected chi connectivity index (χ2v) is 6.16. The number of anilines is 2. The normalized spacial score (nSPS) is 21.1. The van der Waals surface area contributed by atoms with E-state index in [9.17, 15) is 4.79 Å². The third-order valence-electron chi connectivity index (χ3n) is 4.51. The lowest BCUT2D eigenvalue weighted by atomic mass is 10.2. The van der Waals surface area contributed by atoms with Crippen LogP contribution < -0.4 is 10.2 Å². The van der Waals surface area contributed by atoms with Gasteiger partial charge in [0.15, 0.2) is 5.82 Å². The number of rotatable bonds is 4. The Hall–Kier alpha value is -2.30. The second kappa shape index (κ2) is 5.48. The maximum absolute atomic E-state index is 12.6. The number of benzene rings is 1. The molecule has 2 N–H and O–H groups in total. The third-order valence-corrected chi connectivity index (χ3v) is 4.51. The molecule has 1 saturated carbocycles. The second-order valence-electron chi connectivity index (χ2n) is 6.16. The average molecular weight is 296 g/mol. The first-order valence-corrected chi connectivity index (χ1v) is 7.99. The zero-order valence-electron chi connectivity index (χ0n) is 12.5. The van der Waals surface area contributed by atoms with Crippen LogP contribution in [0.3, 0.4) is 0 Å². The topological polar surface area (TPSA) is 61.0 Å². The molecule has 1 aliphatic heterocycles. The Morgan fingerprint density at radius 2 is 2.05 bits per heavy atom. The largest absolute Gasteiger partial charge is 0.360 e. The van der Waals surface area contributed by atoms with Gasteiger partial charge in [-0.3, -0.25) is 9.89 Å². The lowest BCUT2D eigenvalue weighted by Crippen LogP contribution is -2.39. The molecule has 1 unspecified atom stereocenters. The highest BCUT2D eigenvalue weighted by Crippen LogP contribution is 2.39. The molecule has 1 aliphatic carbocycles. The molecule has 5 heteroatoms. The smallest absolute Gasteiger partial charge is 0.248 e. The molecule has 22 heavy (non-hydrogen) atoms. The number of H-pyrrole nitrogens is 1. The molecule has 2 fully saturated rings. The van der Waals surface area contributed by atoms with E-state index in [1.165, 1.54) is 12.8 Å². The summed E-state index contributed by atoms with van der Waals surface area (Å²) in [7, 11) is 0. The van der Waals surface area contributed by atoms with Crippen molar-refractivity contribution in [3.63, 3.8) is 0 Å². The molecular formula is C17H20N4O. The number of aromatic amines is 1. The number of hydrogen-bond acceptors (Lipinski definition) is 3. The summed E-state index contributed by atoms with van der Waals surface area (Å²) in [6.45, 7) is 0.927. The summed E-state index contributed by atoms with van der Waals surface area (Å²) in [6, 6.07) is 12.0. The van der Waals surface area contributed by atoms with Gasteiger partial charge in [0.2, 0.25) is 5.91 Å². The fourth-order valence-electron chi connectivity index (χ4n) is 3.18. The van der Waals surface area contributed by atoms with Crippen molar-refractivity contribution in [2.75, 3.05) is 16.8 Å². The summed E-state index contributed by atoms with van der Waals surface area (Å²) in [6.07, 6.45) is 4.38. The van der Waals surface area contributed by atoms with E-state index < -0.39 is 0 Å². The van der Waals surface area contributed by atoms with E-state index in [-0.39, 0.29) is 11.9 Å². The van der Waals surface area contributed by atoms with Crippen LogP contribution in [0.4, 0.5) is 11.5 Å². The molecular weight excluding hydrogens is 276 g/mol. The average Bonchev–Trinajstić information content (AvgIpc) is 3.10. The number of hydrogen-bond donors (Lipinski definition) is 2. The summed E-state index contributed by atoms with van der Waals surface area (Å²) >= 11 is 0. The van der Waals surface area contributed by atoms with E-state index in [4.69, 9.17) is 0 Å². The Kier molecular flexibility index (Phi) is 3.33. The first-order valence-electron chi connectivity index (χ1n) is 7.99. The number of aromatic nitrogens is 2. The molecule has 114 valence electrons. The molecule has 4 rings (SSSR count). The number of carbonyl (C=O) groups is 1. The van der Waals surface area contributed by atoms with Crippen molar-refractivity contribution in [1.29, 1.82) is 0 Å². The van der Waals surface area contributed by atoms with Gasteiger partial charge in [0, 0.05) is 29.9 Å². The monoisotopic (exact) mass is 296 g/mol. The van der Waals surface area contributed by atoms with Gasteiger partial charge in [0.25, 0.3) is 0 Å². The predicted octanol–water partition coefficient (Wildman–Crippen LogP) is 2.89. The standard InChI is InChI=1S/C17H20N4O/c22-17(18-16-11-14(19-20-16)12-8-9-12)15-7-4-10-21(15)13-5-2-1-3-6-13/h1-3,5-6,11-12,15H,4,7-10H2,(H2,18,19,20,22). The number of nitrogens with one attached hydrogen (secondary N) is 2. The van der Waals surface area contributed by atoms with Crippen LogP contribution in [0.5, 0.6) is 0 Å². The van der Waals surface area contributed by atoms with E-state index in [1.807, 2.05) is 24.3 Å². The minimum absolute atomic E-state index is 0.0372. The van der Waals surface area contributed by atoms with Gasteiger partial charge >= 0.3 is 0 Å². The molecule has 1 amide bonds. The van der Waals surface area contributed by atoms with Crippen LogP contribution in [0, 0.1) is 0 Å². The lowest BCUT2D eigenvalue weighted by molar-refractivity contribution is -0.117. The Morgan fingerprint density at radius 3 is 2.82 bits per heavy atom. The van der Waals surface area contributed by atoms with Crippen LogP contribution in [-0.2, 0) is 4.79 Å². The molecule has 0 bridgehead atoms. The highest BCUT2D eigenvalue weighted by molar-refractivity contribution is 5.96. The lowest BCUT2D eigenvalue weighted by Gasteiger charge is -2.25. The summed E-state index contributed by atoms with van der Waals surface area (Å²) < 4.78 is 0. The molecule has 0 spiro atoms. The van der Waals surface area contributed by atoms with Gasteiger partial charge in [0.1, 0.15) is 6.04 Å². The zero-order chi connectivity index (χ0) is 14.9. The maximum atomic E-state index is 12.6. The third kappa shape index (κ3) is 2.58. The number of carbonyl (C=O) groups excluding carboxylic acids is 1. The van der Waals surface area contributed by atoms with Crippen molar-refractivity contribution in [1.82, 2.24) is 10.2 Å². The molecule has 1 aromatic heterocycles. The van der Waals surface area contributed by atoms with Crippen LogP contribution in [0.1, 0.15) is 37.3 Å². The maximum Gasteiger partial charge on any atom is 0.248 e. The summed E-state index contributed by atoms with van der Waals surface area (Å²) in [5.74, 6) is 1.30. The van der Waals surface area contributed by atoms with E-state index in [1.54, 1.807) is 0 Å². The number of para-hydroxylation sites is 1. The number of nitrogens with zero attached hydrogens (tertiary/aromatic N) is 2. The Labute approximate surface area is 129 Å². The Bertz CT molecular complexity index is 662. The Morgan fingerprint density at radius 1 is 1.23 bits per heavy atom. The minimum atomic E-state index is -0.108. The van der Waals surface area contributed by atoms with Gasteiger partial charge in [-0.15, -0.1) is 0 Å². The highest BCUT2D eigenvalue weighted by atomic mass is 16.2. The predicted molar refractivity (Wildman–Crippen MR) is 86.0 cm³/mol. The molecule has 5 nitrogen and oxygen atoms in total. The quantitative estimate of drug-likeness (QED) is 0.912. The van der Waals surface area contributed by atoms with Gasteiger partial charge in [-0.25, -0.2) is 0 Å². The molecule has 2 aromatic rings. The van der Waals surface area contributed by atoms with Crippen molar-refractivity contribution < 1.29 is 4.79 Å². The summed E-state index contributed by atoms with van der Waals surface area (Å²) in [5.41, 5.74) is 2.25. The minimum Gasteiger partial charge on any atom is -0.360 e. The zero-order valence-corrected chi connectivity index (χ0v) is 12.5. The first-order chi connectivity index (χ1) is 10.8. The van der Waals surface area contributed by atoms with Crippen LogP contribution in [-0.4, -0.2) is 28.7 Å². The van der Waals surface area contributed by atoms with Crippen molar-refractivity contribution in [2.45, 2.75) is 37.6 Å². The summed E-state index contributed by atoms with van der Waals surface area (Å²) in [5, 5.41) is 10.2. The highest BCUT2D eigenvalue weighted by Gasteiger charge is 2.31. The van der Waals surface area contributed by atoms with Crippen LogP contribution in [0.2, 0.25) is 0 Å². The molecule has 1 aromatic carbocycles. The SMILES string of the molecule is O=C(Nc1cc(C2CC2)[nH]n1)C1CCCN1c1ccccc1. The Balaban J connectivity index is 1.46. The van der Waals surface area contributed by atoms with Gasteiger partial charge in [-0.1, -0.05) is 18.2 Å². The van der Waals surface area contributed by atoms with E-state index >= 15 is 0 Å². The van der Waals surface area contributed by atoms with E-state index in [0.717, 1.165) is 30.8 Å². The molecule has 2 aliphatic rings. The van der Waals surface area contributed by atoms with Crippen LogP contribution in [0.15, 0.2) is 36.4 Å². The van der Waals surface area contributed by atoms with Crippen molar-refractivity contribution in [2.24, 2.45) is 0 Å². The molecule has 2 heterocycles. The fourth-order valence-corrected chi connectivity index (χ4v) is 3.18. The van der Waals surface area contributed by atoms with Gasteiger partial charge in [-0.2, -0.15) is 5.10 Å². The van der Waals surface area contributed by atoms with Crippen LogP contribution >= 0.6 is 0 Å². The summed E-state index contributed by atoms with van der Waals surface area (Å²) in [4.78, 5) is 14.8. The van der Waals surface area contributed by atoms with Crippen molar-refractivity contribution in [3.05, 3.63) is 42.1 Å². The molecule has 1 saturated heterocycles. The van der Waals surface area contributed by atoms with Crippen LogP contribution in [0.25, 0.3) is 0 Å². The fraction of sp³-hybridized carbons (Fsp3) is 0.412. The van der Waals surface area contributed by atoms with Gasteiger partial charge < -0.3 is 10.2 Å². The van der Waals surface area contributed by atoms with Gasteiger partial charge in [-0.05, 0) is 37.8 Å². The molecule has 1 atom stereocenters. The number of amides is 1. The first kappa shape index (κ1) is 13.4.